The number of rotatable bonds is 6. The van der Waals surface area contributed by atoms with Crippen LogP contribution in [0.3, 0.4) is 0 Å². The van der Waals surface area contributed by atoms with Gasteiger partial charge in [0, 0.05) is 28.1 Å². The lowest BCUT2D eigenvalue weighted by molar-refractivity contribution is -0.141. The summed E-state index contributed by atoms with van der Waals surface area (Å²) in [7, 11) is 1.39. The summed E-state index contributed by atoms with van der Waals surface area (Å²) in [6.45, 7) is 4.74. The highest BCUT2D eigenvalue weighted by molar-refractivity contribution is 6.31. The molecule has 0 bridgehead atoms. The van der Waals surface area contributed by atoms with E-state index in [-0.39, 0.29) is 30.7 Å². The van der Waals surface area contributed by atoms with E-state index in [1.54, 1.807) is 0 Å². The number of ketones is 1. The smallest absolute Gasteiger partial charge is 0.306 e. The minimum Gasteiger partial charge on any atom is -0.492 e. The molecule has 2 aliphatic heterocycles. The summed E-state index contributed by atoms with van der Waals surface area (Å²) >= 11 is 6.54. The minimum absolute atomic E-state index is 0.0199. The number of fused-ring (bicyclic) bond motifs is 2. The first-order chi connectivity index (χ1) is 17.8. The summed E-state index contributed by atoms with van der Waals surface area (Å²) in [4.78, 5) is 24.7. The Morgan fingerprint density at radius 3 is 2.65 bits per heavy atom. The van der Waals surface area contributed by atoms with Crippen LogP contribution in [0.5, 0.6) is 17.2 Å². The number of carbonyl (C=O) groups is 2. The summed E-state index contributed by atoms with van der Waals surface area (Å²) < 4.78 is 22.7. The van der Waals surface area contributed by atoms with Crippen LogP contribution < -0.4 is 14.2 Å². The van der Waals surface area contributed by atoms with Gasteiger partial charge in [0.15, 0.2) is 5.60 Å². The van der Waals surface area contributed by atoms with Crippen molar-refractivity contribution in [1.29, 1.82) is 0 Å². The molecule has 1 aliphatic carbocycles. The maximum absolute atomic E-state index is 13.0. The molecule has 0 N–H and O–H groups in total. The number of carbonyl (C=O) groups excluding carboxylic acids is 2. The highest BCUT2D eigenvalue weighted by atomic mass is 35.5. The molecule has 3 aromatic rings. The van der Waals surface area contributed by atoms with E-state index >= 15 is 0 Å². The molecule has 190 valence electrons. The Balaban J connectivity index is 1.24. The minimum atomic E-state index is -0.615. The molecular formula is C30H27ClO6. The summed E-state index contributed by atoms with van der Waals surface area (Å²) in [6.07, 6.45) is 1.86. The molecule has 1 atom stereocenters. The van der Waals surface area contributed by atoms with Crippen LogP contribution in [0.1, 0.15) is 57.8 Å². The third-order valence-electron chi connectivity index (χ3n) is 7.62. The maximum atomic E-state index is 13.0. The quantitative estimate of drug-likeness (QED) is 0.354. The van der Waals surface area contributed by atoms with Gasteiger partial charge in [-0.05, 0) is 73.2 Å². The standard InChI is InChI=1S/C30H27ClO6/c1-16-10-25-28(29(33)30(37-25)8-9-30)17(2)27(16)18-4-7-23(31)20(11-18)15-35-21-5-6-22-19(12-26(32)34-3)14-36-24(22)13-21/h4-7,10-11,13,19H,8-9,12,14-15H2,1-3H3. The van der Waals surface area contributed by atoms with E-state index < -0.39 is 5.60 Å². The highest BCUT2D eigenvalue weighted by Gasteiger charge is 2.58. The number of halogens is 1. The molecule has 7 heteroatoms. The predicted octanol–water partition coefficient (Wildman–Crippen LogP) is 6.35. The Hall–Kier alpha value is -3.51. The lowest BCUT2D eigenvalue weighted by Gasteiger charge is -2.15. The normalized spacial score (nSPS) is 18.2. The number of methoxy groups -OCH3 is 1. The molecule has 6 nitrogen and oxygen atoms in total. The first-order valence-corrected chi connectivity index (χ1v) is 12.8. The fourth-order valence-electron chi connectivity index (χ4n) is 5.48. The third kappa shape index (κ3) is 4.04. The zero-order chi connectivity index (χ0) is 25.9. The van der Waals surface area contributed by atoms with Crippen molar-refractivity contribution >= 4 is 23.4 Å². The molecule has 3 aromatic carbocycles. The van der Waals surface area contributed by atoms with E-state index in [0.717, 1.165) is 52.0 Å². The summed E-state index contributed by atoms with van der Waals surface area (Å²) in [5, 5.41) is 0.604. The number of hydrogen-bond donors (Lipinski definition) is 0. The van der Waals surface area contributed by atoms with Crippen LogP contribution in [0, 0.1) is 13.8 Å². The van der Waals surface area contributed by atoms with Gasteiger partial charge in [-0.3, -0.25) is 9.59 Å². The molecule has 2 heterocycles. The van der Waals surface area contributed by atoms with E-state index in [0.29, 0.717) is 28.7 Å². The number of esters is 1. The molecule has 0 saturated heterocycles. The Morgan fingerprint density at radius 1 is 1.08 bits per heavy atom. The van der Waals surface area contributed by atoms with E-state index in [9.17, 15) is 9.59 Å². The zero-order valence-electron chi connectivity index (χ0n) is 21.0. The number of ether oxygens (including phenoxy) is 4. The number of Topliss-reactive ketones (excluding diaryl/α,β-unsaturated/α-hetero) is 1. The first-order valence-electron chi connectivity index (χ1n) is 12.4. The largest absolute Gasteiger partial charge is 0.492 e. The average Bonchev–Trinajstić information content (AvgIpc) is 3.47. The van der Waals surface area contributed by atoms with Gasteiger partial charge in [0.05, 0.1) is 25.7 Å². The zero-order valence-corrected chi connectivity index (χ0v) is 21.7. The third-order valence-corrected chi connectivity index (χ3v) is 7.99. The van der Waals surface area contributed by atoms with Crippen LogP contribution in [0.2, 0.25) is 5.02 Å². The molecule has 1 saturated carbocycles. The van der Waals surface area contributed by atoms with Crippen molar-refractivity contribution in [2.24, 2.45) is 0 Å². The van der Waals surface area contributed by atoms with Gasteiger partial charge in [-0.2, -0.15) is 0 Å². The molecule has 1 unspecified atom stereocenters. The molecule has 3 aliphatic rings. The van der Waals surface area contributed by atoms with E-state index in [2.05, 4.69) is 0 Å². The van der Waals surface area contributed by atoms with Gasteiger partial charge in [-0.25, -0.2) is 0 Å². The number of hydrogen-bond acceptors (Lipinski definition) is 6. The molecule has 0 amide bonds. The predicted molar refractivity (Wildman–Crippen MR) is 139 cm³/mol. The fraction of sp³-hybridized carbons (Fsp3) is 0.333. The van der Waals surface area contributed by atoms with Gasteiger partial charge in [-0.1, -0.05) is 23.7 Å². The molecule has 1 spiro atoms. The second-order valence-corrected chi connectivity index (χ2v) is 10.5. The van der Waals surface area contributed by atoms with Gasteiger partial charge < -0.3 is 18.9 Å². The molecule has 0 aromatic heterocycles. The van der Waals surface area contributed by atoms with Crippen molar-refractivity contribution in [2.75, 3.05) is 13.7 Å². The van der Waals surface area contributed by atoms with E-state index in [1.807, 2.05) is 56.3 Å². The van der Waals surface area contributed by atoms with Gasteiger partial charge in [0.1, 0.15) is 23.9 Å². The Morgan fingerprint density at radius 2 is 1.89 bits per heavy atom. The van der Waals surface area contributed by atoms with Crippen LogP contribution in [-0.2, 0) is 16.1 Å². The van der Waals surface area contributed by atoms with Crippen molar-refractivity contribution < 1.29 is 28.5 Å². The van der Waals surface area contributed by atoms with Crippen LogP contribution in [-0.4, -0.2) is 31.1 Å². The summed E-state index contributed by atoms with van der Waals surface area (Å²) in [5.74, 6) is 1.90. The summed E-state index contributed by atoms with van der Waals surface area (Å²) in [6, 6.07) is 13.5. The van der Waals surface area contributed by atoms with Crippen LogP contribution in [0.25, 0.3) is 11.1 Å². The topological polar surface area (TPSA) is 71.1 Å². The van der Waals surface area contributed by atoms with Gasteiger partial charge >= 0.3 is 5.97 Å². The van der Waals surface area contributed by atoms with Crippen molar-refractivity contribution in [1.82, 2.24) is 0 Å². The Kier molecular flexibility index (Phi) is 5.68. The summed E-state index contributed by atoms with van der Waals surface area (Å²) in [5.41, 5.74) is 5.90. The Labute approximate surface area is 220 Å². The lowest BCUT2D eigenvalue weighted by Crippen LogP contribution is -2.22. The fourth-order valence-corrected chi connectivity index (χ4v) is 5.66. The maximum Gasteiger partial charge on any atom is 0.306 e. The number of aryl methyl sites for hydroxylation is 1. The van der Waals surface area contributed by atoms with Gasteiger partial charge in [-0.15, -0.1) is 0 Å². The second-order valence-electron chi connectivity index (χ2n) is 10.1. The van der Waals surface area contributed by atoms with Crippen molar-refractivity contribution in [2.45, 2.75) is 51.2 Å². The van der Waals surface area contributed by atoms with Crippen molar-refractivity contribution in [3.05, 3.63) is 75.3 Å². The molecule has 0 radical (unpaired) electrons. The van der Waals surface area contributed by atoms with Gasteiger partial charge in [0.2, 0.25) is 5.78 Å². The number of benzene rings is 3. The molecular weight excluding hydrogens is 492 g/mol. The Bertz CT molecular complexity index is 1450. The molecule has 1 fully saturated rings. The SMILES string of the molecule is COC(=O)CC1COc2cc(OCc3cc(-c4c(C)cc5c(c4C)C(=O)C4(CC4)O5)ccc3Cl)ccc21. The van der Waals surface area contributed by atoms with Crippen molar-refractivity contribution in [3.8, 4) is 28.4 Å². The van der Waals surface area contributed by atoms with Crippen LogP contribution >= 0.6 is 11.6 Å². The lowest BCUT2D eigenvalue weighted by atomic mass is 9.89. The van der Waals surface area contributed by atoms with E-state index in [1.165, 1.54) is 7.11 Å². The monoisotopic (exact) mass is 518 g/mol. The molecule has 6 rings (SSSR count). The second kappa shape index (κ2) is 8.80. The van der Waals surface area contributed by atoms with Crippen LogP contribution in [0.4, 0.5) is 0 Å². The molecule has 37 heavy (non-hydrogen) atoms. The first kappa shape index (κ1) is 23.9. The van der Waals surface area contributed by atoms with Crippen LogP contribution in [0.15, 0.2) is 42.5 Å². The van der Waals surface area contributed by atoms with Gasteiger partial charge in [0.25, 0.3) is 0 Å². The average molecular weight is 519 g/mol. The van der Waals surface area contributed by atoms with E-state index in [4.69, 9.17) is 30.5 Å². The van der Waals surface area contributed by atoms with Crippen molar-refractivity contribution in [3.63, 3.8) is 0 Å². The highest BCUT2D eigenvalue weighted by Crippen LogP contribution is 2.52.